The van der Waals surface area contributed by atoms with E-state index < -0.39 is 0 Å². The van der Waals surface area contributed by atoms with E-state index in [0.717, 1.165) is 48.4 Å². The largest absolute Gasteiger partial charge is 0.381 e. The highest BCUT2D eigenvalue weighted by Crippen LogP contribution is 2.29. The predicted octanol–water partition coefficient (Wildman–Crippen LogP) is 5.55. The molecule has 3 heterocycles. The molecule has 0 spiro atoms. The number of nitrogens with one attached hydrogen (secondary N) is 1. The number of hydrogen-bond donors (Lipinski definition) is 1. The first-order valence-corrected chi connectivity index (χ1v) is 10.5. The van der Waals surface area contributed by atoms with Crippen molar-refractivity contribution in [2.75, 3.05) is 23.3 Å². The number of benzene rings is 2. The normalized spacial score (nSPS) is 14.9. The van der Waals surface area contributed by atoms with E-state index in [1.807, 2.05) is 37.5 Å². The van der Waals surface area contributed by atoms with Crippen molar-refractivity contribution in [3.8, 4) is 5.69 Å². The van der Waals surface area contributed by atoms with Crippen molar-refractivity contribution < 1.29 is 4.39 Å². The summed E-state index contributed by atoms with van der Waals surface area (Å²) in [5.41, 5.74) is 5.37. The fourth-order valence-corrected chi connectivity index (χ4v) is 4.41. The summed E-state index contributed by atoms with van der Waals surface area (Å²) < 4.78 is 16.3. The van der Waals surface area contributed by atoms with E-state index in [2.05, 4.69) is 50.1 Å². The van der Waals surface area contributed by atoms with Gasteiger partial charge in [-0.05, 0) is 67.8 Å². The van der Waals surface area contributed by atoms with E-state index >= 15 is 0 Å². The second-order valence-electron chi connectivity index (χ2n) is 7.98. The van der Waals surface area contributed by atoms with Crippen molar-refractivity contribution in [3.05, 3.63) is 84.6 Å². The third-order valence-electron chi connectivity index (χ3n) is 6.00. The van der Waals surface area contributed by atoms with Gasteiger partial charge in [-0.25, -0.2) is 4.39 Å². The first kappa shape index (κ1) is 18.7. The van der Waals surface area contributed by atoms with Crippen LogP contribution in [-0.4, -0.2) is 28.7 Å². The number of anilines is 2. The molecule has 0 saturated carbocycles. The van der Waals surface area contributed by atoms with E-state index in [1.54, 1.807) is 12.3 Å². The summed E-state index contributed by atoms with van der Waals surface area (Å²) in [4.78, 5) is 6.62. The minimum atomic E-state index is -0.173. The number of halogens is 1. The smallest absolute Gasteiger partial charge is 0.132 e. The zero-order valence-corrected chi connectivity index (χ0v) is 17.1. The molecule has 4 nitrogen and oxygen atoms in total. The molecule has 1 N–H and O–H groups in total. The Morgan fingerprint density at radius 1 is 1.00 bits per heavy atom. The zero-order chi connectivity index (χ0) is 20.5. The summed E-state index contributed by atoms with van der Waals surface area (Å²) in [5, 5.41) is 4.26. The van der Waals surface area contributed by atoms with Crippen LogP contribution in [-0.2, 0) is 0 Å². The van der Waals surface area contributed by atoms with Gasteiger partial charge in [0.15, 0.2) is 0 Å². The molecule has 5 rings (SSSR count). The molecule has 0 bridgehead atoms. The average Bonchev–Trinajstić information content (AvgIpc) is 3.24. The predicted molar refractivity (Wildman–Crippen MR) is 121 cm³/mol. The van der Waals surface area contributed by atoms with Crippen LogP contribution in [0, 0.1) is 12.7 Å². The van der Waals surface area contributed by atoms with Gasteiger partial charge in [0.1, 0.15) is 5.82 Å². The van der Waals surface area contributed by atoms with Crippen LogP contribution in [0.5, 0.6) is 0 Å². The first-order chi connectivity index (χ1) is 14.7. The molecule has 0 aliphatic carbocycles. The van der Waals surface area contributed by atoms with Gasteiger partial charge in [0.05, 0.1) is 11.2 Å². The lowest BCUT2D eigenvalue weighted by Crippen LogP contribution is -2.39. The van der Waals surface area contributed by atoms with Crippen molar-refractivity contribution in [1.82, 2.24) is 9.55 Å². The van der Waals surface area contributed by atoms with Gasteiger partial charge in [-0.1, -0.05) is 12.1 Å². The summed E-state index contributed by atoms with van der Waals surface area (Å²) >= 11 is 0. The van der Waals surface area contributed by atoms with E-state index in [1.165, 1.54) is 5.69 Å². The molecule has 2 aromatic heterocycles. The fraction of sp³-hybridized carbons (Fsp3) is 0.240. The fourth-order valence-electron chi connectivity index (χ4n) is 4.41. The third kappa shape index (κ3) is 3.52. The van der Waals surface area contributed by atoms with Gasteiger partial charge in [-0.3, -0.25) is 4.98 Å². The molecular formula is C25H25FN4. The first-order valence-electron chi connectivity index (χ1n) is 10.5. The minimum absolute atomic E-state index is 0.173. The quantitative estimate of drug-likeness (QED) is 0.487. The molecule has 4 aromatic rings. The van der Waals surface area contributed by atoms with Gasteiger partial charge < -0.3 is 14.8 Å². The highest BCUT2D eigenvalue weighted by atomic mass is 19.1. The molecule has 152 valence electrons. The number of piperidine rings is 1. The summed E-state index contributed by atoms with van der Waals surface area (Å²) in [6, 6.07) is 18.3. The lowest BCUT2D eigenvalue weighted by molar-refractivity contribution is 0.526. The van der Waals surface area contributed by atoms with Crippen molar-refractivity contribution in [2.24, 2.45) is 0 Å². The number of aromatic nitrogens is 2. The van der Waals surface area contributed by atoms with Crippen LogP contribution in [0.1, 0.15) is 18.4 Å². The molecule has 1 aliphatic rings. The molecule has 0 unspecified atom stereocenters. The van der Waals surface area contributed by atoms with Crippen LogP contribution < -0.4 is 10.2 Å². The number of pyridine rings is 1. The average molecular weight is 401 g/mol. The van der Waals surface area contributed by atoms with E-state index in [-0.39, 0.29) is 5.82 Å². The van der Waals surface area contributed by atoms with E-state index in [4.69, 9.17) is 0 Å². The zero-order valence-electron chi connectivity index (χ0n) is 17.1. The topological polar surface area (TPSA) is 33.1 Å². The van der Waals surface area contributed by atoms with Crippen molar-refractivity contribution in [1.29, 1.82) is 0 Å². The van der Waals surface area contributed by atoms with Gasteiger partial charge >= 0.3 is 0 Å². The molecule has 1 aliphatic heterocycles. The van der Waals surface area contributed by atoms with Crippen LogP contribution in [0.25, 0.3) is 16.6 Å². The second kappa shape index (κ2) is 7.82. The molecule has 0 atom stereocenters. The third-order valence-corrected chi connectivity index (χ3v) is 6.00. The molecule has 0 amide bonds. The number of fused-ring (bicyclic) bond motifs is 1. The van der Waals surface area contributed by atoms with Gasteiger partial charge in [0.25, 0.3) is 0 Å². The van der Waals surface area contributed by atoms with Crippen LogP contribution in [0.4, 0.5) is 15.8 Å². The molecule has 5 heteroatoms. The summed E-state index contributed by atoms with van der Waals surface area (Å²) in [6.45, 7) is 4.03. The molecule has 1 saturated heterocycles. The molecule has 30 heavy (non-hydrogen) atoms. The minimum Gasteiger partial charge on any atom is -0.381 e. The van der Waals surface area contributed by atoms with Crippen molar-refractivity contribution in [3.63, 3.8) is 0 Å². The van der Waals surface area contributed by atoms with Gasteiger partial charge in [0, 0.05) is 54.5 Å². The van der Waals surface area contributed by atoms with Crippen LogP contribution >= 0.6 is 0 Å². The second-order valence-corrected chi connectivity index (χ2v) is 7.98. The molecular weight excluding hydrogens is 375 g/mol. The molecule has 0 radical (unpaired) electrons. The lowest BCUT2D eigenvalue weighted by Gasteiger charge is -2.34. The number of aryl methyl sites for hydroxylation is 1. The Kier molecular flexibility index (Phi) is 4.87. The van der Waals surface area contributed by atoms with Gasteiger partial charge in [-0.2, -0.15) is 0 Å². The summed E-state index contributed by atoms with van der Waals surface area (Å²) in [7, 11) is 0. The highest BCUT2D eigenvalue weighted by Gasteiger charge is 2.20. The Hall–Kier alpha value is -3.34. The van der Waals surface area contributed by atoms with Gasteiger partial charge in [0.2, 0.25) is 0 Å². The number of nitrogens with zero attached hydrogens (tertiary/aromatic N) is 3. The maximum Gasteiger partial charge on any atom is 0.132 e. The van der Waals surface area contributed by atoms with Crippen LogP contribution in [0.3, 0.4) is 0 Å². The number of rotatable bonds is 4. The Morgan fingerprint density at radius 2 is 1.83 bits per heavy atom. The van der Waals surface area contributed by atoms with E-state index in [9.17, 15) is 4.39 Å². The maximum atomic E-state index is 14.2. The Labute approximate surface area is 176 Å². The molecule has 1 fully saturated rings. The van der Waals surface area contributed by atoms with Crippen LogP contribution in [0.15, 0.2) is 73.2 Å². The van der Waals surface area contributed by atoms with E-state index in [0.29, 0.717) is 11.4 Å². The lowest BCUT2D eigenvalue weighted by atomic mass is 10.0. The van der Waals surface area contributed by atoms with Crippen molar-refractivity contribution in [2.45, 2.75) is 25.8 Å². The SMILES string of the molecule is Cc1ccc(F)c2ccn(-c3cccc(N4CCC(Nc5cccnc5)CC4)c3)c12. The monoisotopic (exact) mass is 400 g/mol. The van der Waals surface area contributed by atoms with Gasteiger partial charge in [-0.15, -0.1) is 0 Å². The van der Waals surface area contributed by atoms with Crippen molar-refractivity contribution >= 4 is 22.3 Å². The summed E-state index contributed by atoms with van der Waals surface area (Å²) in [5.74, 6) is -0.173. The number of hydrogen-bond acceptors (Lipinski definition) is 3. The highest BCUT2D eigenvalue weighted by molar-refractivity contribution is 5.85. The Balaban J connectivity index is 1.35. The Bertz CT molecular complexity index is 1160. The molecule has 2 aromatic carbocycles. The maximum absolute atomic E-state index is 14.2. The van der Waals surface area contributed by atoms with Crippen LogP contribution in [0.2, 0.25) is 0 Å². The standard InChI is InChI=1S/C25H25FN4/c1-18-7-8-24(26)23-11-15-30(25(18)23)22-6-2-5-21(16-22)29-13-9-19(10-14-29)28-20-4-3-12-27-17-20/h2-8,11-12,15-17,19,28H,9-10,13-14H2,1H3. The Morgan fingerprint density at radius 3 is 2.63 bits per heavy atom. The summed E-state index contributed by atoms with van der Waals surface area (Å²) in [6.07, 6.45) is 7.79.